The first-order valence-corrected chi connectivity index (χ1v) is 10.5. The van der Waals surface area contributed by atoms with E-state index in [9.17, 15) is 9.18 Å². The summed E-state index contributed by atoms with van der Waals surface area (Å²) in [5.74, 6) is 0.113. The second-order valence-corrected chi connectivity index (χ2v) is 8.69. The topological polar surface area (TPSA) is 80.9 Å². The predicted octanol–water partition coefficient (Wildman–Crippen LogP) is 5.49. The summed E-state index contributed by atoms with van der Waals surface area (Å²) < 4.78 is 24.6. The Balaban J connectivity index is 1.42. The van der Waals surface area contributed by atoms with E-state index in [4.69, 9.17) is 4.52 Å². The lowest BCUT2D eigenvalue weighted by molar-refractivity contribution is 0.102. The van der Waals surface area contributed by atoms with Crippen LogP contribution in [0.15, 0.2) is 45.4 Å². The average molecular weight is 473 g/mol. The predicted molar refractivity (Wildman–Crippen MR) is 112 cm³/mol. The zero-order chi connectivity index (χ0) is 20.1. The lowest BCUT2D eigenvalue weighted by Gasteiger charge is -2.09. The minimum atomic E-state index is -0.898. The van der Waals surface area contributed by atoms with Gasteiger partial charge in [0.2, 0.25) is 11.7 Å². The van der Waals surface area contributed by atoms with E-state index in [0.717, 1.165) is 20.1 Å². The fraction of sp³-hybridized carbons (Fsp3) is 0.200. The molecule has 2 heterocycles. The number of nitrogens with zero attached hydrogens (tertiary/aromatic N) is 3. The minimum absolute atomic E-state index is 0.286. The molecular formula is C20H14BrFN4O2S. The van der Waals surface area contributed by atoms with E-state index in [0.29, 0.717) is 35.1 Å². The van der Waals surface area contributed by atoms with Gasteiger partial charge in [-0.25, -0.2) is 4.39 Å². The van der Waals surface area contributed by atoms with Crippen molar-refractivity contribution in [2.45, 2.75) is 25.4 Å². The SMILES string of the molecule is Cc1ccc(-c2noc([C@H]3C[C@@H]3F)n2)cc1NC(=O)c1nsc2cc(Br)ccc12. The smallest absolute Gasteiger partial charge is 0.276 e. The number of hydrogen-bond acceptors (Lipinski definition) is 6. The highest BCUT2D eigenvalue weighted by atomic mass is 79.9. The molecule has 0 bridgehead atoms. The number of alkyl halides is 1. The van der Waals surface area contributed by atoms with Crippen molar-refractivity contribution >= 4 is 49.1 Å². The minimum Gasteiger partial charge on any atom is -0.339 e. The molecule has 0 unspecified atom stereocenters. The number of hydrogen-bond donors (Lipinski definition) is 1. The van der Waals surface area contributed by atoms with Gasteiger partial charge in [0.15, 0.2) is 0 Å². The van der Waals surface area contributed by atoms with Crippen LogP contribution in [-0.4, -0.2) is 26.6 Å². The molecule has 0 saturated heterocycles. The zero-order valence-electron chi connectivity index (χ0n) is 15.1. The Morgan fingerprint density at radius 2 is 2.14 bits per heavy atom. The molecule has 1 aliphatic rings. The zero-order valence-corrected chi connectivity index (χ0v) is 17.6. The van der Waals surface area contributed by atoms with Gasteiger partial charge < -0.3 is 9.84 Å². The number of rotatable bonds is 4. The van der Waals surface area contributed by atoms with E-state index in [1.807, 2.05) is 37.3 Å². The van der Waals surface area contributed by atoms with E-state index in [1.54, 1.807) is 6.07 Å². The highest BCUT2D eigenvalue weighted by molar-refractivity contribution is 9.10. The van der Waals surface area contributed by atoms with Crippen molar-refractivity contribution in [3.05, 3.63) is 58.0 Å². The maximum absolute atomic E-state index is 13.2. The number of fused-ring (bicyclic) bond motifs is 1. The van der Waals surface area contributed by atoms with Gasteiger partial charge in [0.05, 0.1) is 10.6 Å². The molecule has 1 fully saturated rings. The number of aryl methyl sites for hydroxylation is 1. The van der Waals surface area contributed by atoms with Crippen LogP contribution in [0.2, 0.25) is 0 Å². The first kappa shape index (κ1) is 18.4. The molecule has 9 heteroatoms. The molecule has 1 N–H and O–H groups in total. The van der Waals surface area contributed by atoms with Gasteiger partial charge in [0.1, 0.15) is 11.9 Å². The first-order chi connectivity index (χ1) is 14.0. The van der Waals surface area contributed by atoms with E-state index in [1.165, 1.54) is 11.5 Å². The molecular weight excluding hydrogens is 459 g/mol. The number of nitrogens with one attached hydrogen (secondary N) is 1. The van der Waals surface area contributed by atoms with Crippen LogP contribution in [0.4, 0.5) is 10.1 Å². The summed E-state index contributed by atoms with van der Waals surface area (Å²) >= 11 is 4.71. The molecule has 1 amide bonds. The van der Waals surface area contributed by atoms with Gasteiger partial charge in [-0.2, -0.15) is 9.36 Å². The number of anilines is 1. The Bertz CT molecular complexity index is 1250. The standard InChI is InChI=1S/C20H14BrFN4O2S/c1-9-2-3-10(18-24-20(28-25-18)13-8-14(13)22)6-15(9)23-19(27)17-12-5-4-11(21)7-16(12)29-26-17/h2-7,13-14H,8H2,1H3,(H,23,27)/t13-,14-/m0/s1. The van der Waals surface area contributed by atoms with Gasteiger partial charge in [-0.15, -0.1) is 0 Å². The number of halogens is 2. The third-order valence-corrected chi connectivity index (χ3v) is 6.17. The summed E-state index contributed by atoms with van der Waals surface area (Å²) in [4.78, 5) is 17.1. The lowest BCUT2D eigenvalue weighted by atomic mass is 10.1. The maximum atomic E-state index is 13.2. The van der Waals surface area contributed by atoms with E-state index in [-0.39, 0.29) is 11.8 Å². The first-order valence-electron chi connectivity index (χ1n) is 8.94. The summed E-state index contributed by atoms with van der Waals surface area (Å²) in [5, 5.41) is 7.68. The number of carbonyl (C=O) groups is 1. The van der Waals surface area contributed by atoms with Crippen molar-refractivity contribution in [3.8, 4) is 11.4 Å². The molecule has 1 saturated carbocycles. The van der Waals surface area contributed by atoms with Crippen LogP contribution in [0, 0.1) is 6.92 Å². The largest absolute Gasteiger partial charge is 0.339 e. The fourth-order valence-corrected chi connectivity index (χ4v) is 4.40. The Labute approximate surface area is 177 Å². The summed E-state index contributed by atoms with van der Waals surface area (Å²) in [6.45, 7) is 1.90. The number of benzene rings is 2. The second-order valence-electron chi connectivity index (χ2n) is 6.97. The van der Waals surface area contributed by atoms with Crippen LogP contribution in [0.5, 0.6) is 0 Å². The number of carbonyl (C=O) groups excluding carboxylic acids is 1. The van der Waals surface area contributed by atoms with Crippen molar-refractivity contribution in [1.29, 1.82) is 0 Å². The van der Waals surface area contributed by atoms with Crippen LogP contribution >= 0.6 is 27.5 Å². The van der Waals surface area contributed by atoms with Gasteiger partial charge in [-0.3, -0.25) is 4.79 Å². The summed E-state index contributed by atoms with van der Waals surface area (Å²) in [5.41, 5.74) is 2.59. The maximum Gasteiger partial charge on any atom is 0.276 e. The summed E-state index contributed by atoms with van der Waals surface area (Å²) in [7, 11) is 0. The Morgan fingerprint density at radius 1 is 1.31 bits per heavy atom. The Kier molecular flexibility index (Phi) is 4.44. The number of amides is 1. The Morgan fingerprint density at radius 3 is 2.93 bits per heavy atom. The van der Waals surface area contributed by atoms with Gasteiger partial charge in [-0.05, 0) is 54.7 Å². The van der Waals surface area contributed by atoms with Gasteiger partial charge >= 0.3 is 0 Å². The van der Waals surface area contributed by atoms with Gasteiger partial charge in [-0.1, -0.05) is 33.2 Å². The monoisotopic (exact) mass is 472 g/mol. The molecule has 4 aromatic rings. The van der Waals surface area contributed by atoms with Crippen molar-refractivity contribution in [2.75, 3.05) is 5.32 Å². The van der Waals surface area contributed by atoms with Crippen LogP contribution in [0.3, 0.4) is 0 Å². The van der Waals surface area contributed by atoms with Gasteiger partial charge in [0, 0.05) is 21.1 Å². The van der Waals surface area contributed by atoms with E-state index in [2.05, 4.69) is 35.8 Å². The third kappa shape index (κ3) is 3.44. The highest BCUT2D eigenvalue weighted by Crippen LogP contribution is 2.43. The van der Waals surface area contributed by atoms with Gasteiger partial charge in [0.25, 0.3) is 5.91 Å². The molecule has 6 nitrogen and oxygen atoms in total. The van der Waals surface area contributed by atoms with Crippen LogP contribution in [-0.2, 0) is 0 Å². The Hall–Kier alpha value is -2.65. The van der Waals surface area contributed by atoms with Crippen molar-refractivity contribution in [3.63, 3.8) is 0 Å². The van der Waals surface area contributed by atoms with E-state index >= 15 is 0 Å². The molecule has 2 aromatic heterocycles. The second kappa shape index (κ2) is 7.00. The lowest BCUT2D eigenvalue weighted by Crippen LogP contribution is -2.13. The molecule has 5 rings (SSSR count). The molecule has 2 atom stereocenters. The molecule has 0 aliphatic heterocycles. The van der Waals surface area contributed by atoms with Crippen molar-refractivity contribution < 1.29 is 13.7 Å². The average Bonchev–Trinajstić information content (AvgIpc) is 3.10. The van der Waals surface area contributed by atoms with Crippen LogP contribution in [0.25, 0.3) is 21.5 Å². The van der Waals surface area contributed by atoms with Crippen LogP contribution in [0.1, 0.15) is 34.3 Å². The molecule has 146 valence electrons. The normalized spacial score (nSPS) is 18.2. The molecule has 0 radical (unpaired) electrons. The third-order valence-electron chi connectivity index (χ3n) is 4.86. The fourth-order valence-electron chi connectivity index (χ4n) is 3.07. The summed E-state index contributed by atoms with van der Waals surface area (Å²) in [6.07, 6.45) is -0.473. The van der Waals surface area contributed by atoms with Crippen molar-refractivity contribution in [1.82, 2.24) is 14.5 Å². The quantitative estimate of drug-likeness (QED) is 0.424. The molecule has 29 heavy (non-hydrogen) atoms. The highest BCUT2D eigenvalue weighted by Gasteiger charge is 2.43. The molecule has 1 aliphatic carbocycles. The molecule has 2 aromatic carbocycles. The summed E-state index contributed by atoms with van der Waals surface area (Å²) in [6, 6.07) is 11.2. The van der Waals surface area contributed by atoms with Crippen molar-refractivity contribution in [2.24, 2.45) is 0 Å². The van der Waals surface area contributed by atoms with Crippen LogP contribution < -0.4 is 5.32 Å². The van der Waals surface area contributed by atoms with E-state index < -0.39 is 6.17 Å². The molecule has 0 spiro atoms. The number of aromatic nitrogens is 3.